The molecule has 94 valence electrons. The third-order valence-corrected chi connectivity index (χ3v) is 2.29. The van der Waals surface area contributed by atoms with E-state index in [0.29, 0.717) is 0 Å². The minimum absolute atomic E-state index is 0.0319. The van der Waals surface area contributed by atoms with Crippen molar-refractivity contribution >= 4 is 17.8 Å². The van der Waals surface area contributed by atoms with Crippen LogP contribution in [0.4, 0.5) is 0 Å². The first-order valence-electron chi connectivity index (χ1n) is 5.74. The standard InChI is InChI=1S/C15H12O.C2H2O/c16-15(14-9-5-2-6-10-14)12-11-13-7-3-1-4-8-13;1-2-3/h1-12H;1H2. The van der Waals surface area contributed by atoms with Crippen LogP contribution in [0.25, 0.3) is 6.08 Å². The normalized spacial score (nSPS) is 9.26. The fourth-order valence-corrected chi connectivity index (χ4v) is 1.43. The minimum Gasteiger partial charge on any atom is -0.289 e. The number of benzene rings is 2. The molecule has 0 aliphatic rings. The molecule has 0 spiro atoms. The van der Waals surface area contributed by atoms with Crippen LogP contribution in [0, 0.1) is 0 Å². The second kappa shape index (κ2) is 8.40. The highest BCUT2D eigenvalue weighted by molar-refractivity contribution is 6.06. The molecule has 0 aliphatic carbocycles. The molecule has 2 nitrogen and oxygen atoms in total. The molecule has 0 saturated heterocycles. The van der Waals surface area contributed by atoms with E-state index in [4.69, 9.17) is 4.79 Å². The lowest BCUT2D eigenvalue weighted by Gasteiger charge is -1.94. The minimum atomic E-state index is 0.0319. The summed E-state index contributed by atoms with van der Waals surface area (Å²) in [5, 5.41) is 0. The number of rotatable bonds is 3. The van der Waals surface area contributed by atoms with Crippen molar-refractivity contribution in [1.29, 1.82) is 0 Å². The van der Waals surface area contributed by atoms with Crippen LogP contribution in [-0.2, 0) is 4.79 Å². The second-order valence-electron chi connectivity index (χ2n) is 3.62. The second-order valence-corrected chi connectivity index (χ2v) is 3.62. The van der Waals surface area contributed by atoms with Crippen LogP contribution in [0.15, 0.2) is 73.3 Å². The van der Waals surface area contributed by atoms with Crippen molar-refractivity contribution in [1.82, 2.24) is 0 Å². The van der Waals surface area contributed by atoms with Gasteiger partial charge in [-0.25, -0.2) is 4.79 Å². The molecule has 0 aliphatic heterocycles. The monoisotopic (exact) mass is 250 g/mol. The molecule has 0 heterocycles. The summed E-state index contributed by atoms with van der Waals surface area (Å²) in [6, 6.07) is 19.1. The zero-order valence-electron chi connectivity index (χ0n) is 10.5. The van der Waals surface area contributed by atoms with Crippen molar-refractivity contribution in [2.24, 2.45) is 0 Å². The Morgan fingerprint density at radius 1 is 0.947 bits per heavy atom. The summed E-state index contributed by atoms with van der Waals surface area (Å²) in [6.45, 7) is 2.68. The first-order valence-corrected chi connectivity index (χ1v) is 5.74. The highest BCUT2D eigenvalue weighted by Gasteiger charge is 1.98. The van der Waals surface area contributed by atoms with Crippen LogP contribution in [-0.4, -0.2) is 11.7 Å². The maximum absolute atomic E-state index is 11.7. The van der Waals surface area contributed by atoms with E-state index in [9.17, 15) is 4.79 Å². The topological polar surface area (TPSA) is 34.1 Å². The number of allylic oxidation sites excluding steroid dienone is 1. The largest absolute Gasteiger partial charge is 0.289 e. The molecule has 0 atom stereocenters. The molecule has 2 aromatic carbocycles. The molecule has 0 radical (unpaired) electrons. The first kappa shape index (κ1) is 14.4. The van der Waals surface area contributed by atoms with Gasteiger partial charge in [-0.3, -0.25) is 4.79 Å². The van der Waals surface area contributed by atoms with Gasteiger partial charge in [0.2, 0.25) is 0 Å². The Balaban J connectivity index is 0.000000550. The van der Waals surface area contributed by atoms with E-state index < -0.39 is 0 Å². The lowest BCUT2D eigenvalue weighted by molar-refractivity contribution is 0.104. The first-order chi connectivity index (χ1) is 9.27. The molecule has 0 unspecified atom stereocenters. The lowest BCUT2D eigenvalue weighted by atomic mass is 10.1. The quantitative estimate of drug-likeness (QED) is 0.474. The third kappa shape index (κ3) is 5.44. The summed E-state index contributed by atoms with van der Waals surface area (Å²) in [5.41, 5.74) is 1.75. The third-order valence-electron chi connectivity index (χ3n) is 2.29. The summed E-state index contributed by atoms with van der Waals surface area (Å²) in [4.78, 5) is 20.3. The van der Waals surface area contributed by atoms with Gasteiger partial charge in [0.05, 0.1) is 0 Å². The van der Waals surface area contributed by atoms with Gasteiger partial charge >= 0.3 is 0 Å². The Hall–Kier alpha value is -2.70. The van der Waals surface area contributed by atoms with Gasteiger partial charge in [0, 0.05) is 5.56 Å². The van der Waals surface area contributed by atoms with Gasteiger partial charge in [-0.15, -0.1) is 0 Å². The van der Waals surface area contributed by atoms with E-state index in [-0.39, 0.29) is 5.78 Å². The van der Waals surface area contributed by atoms with Gasteiger partial charge in [0.25, 0.3) is 0 Å². The van der Waals surface area contributed by atoms with Gasteiger partial charge in [0.15, 0.2) is 5.78 Å². The Bertz CT molecular complexity index is 563. The Morgan fingerprint density at radius 2 is 1.42 bits per heavy atom. The highest BCUT2D eigenvalue weighted by Crippen LogP contribution is 2.05. The van der Waals surface area contributed by atoms with E-state index in [1.165, 1.54) is 5.94 Å². The fourth-order valence-electron chi connectivity index (χ4n) is 1.43. The average molecular weight is 250 g/mol. The highest BCUT2D eigenvalue weighted by atomic mass is 16.1. The molecular weight excluding hydrogens is 236 g/mol. The molecule has 19 heavy (non-hydrogen) atoms. The summed E-state index contributed by atoms with van der Waals surface area (Å²) in [5.74, 6) is 1.28. The van der Waals surface area contributed by atoms with Crippen molar-refractivity contribution < 1.29 is 9.59 Å². The molecule has 2 rings (SSSR count). The van der Waals surface area contributed by atoms with Crippen molar-refractivity contribution in [3.05, 3.63) is 84.4 Å². The molecule has 0 bridgehead atoms. The van der Waals surface area contributed by atoms with Gasteiger partial charge in [0.1, 0.15) is 5.94 Å². The van der Waals surface area contributed by atoms with Crippen molar-refractivity contribution in [3.63, 3.8) is 0 Å². The summed E-state index contributed by atoms with van der Waals surface area (Å²) >= 11 is 0. The van der Waals surface area contributed by atoms with Crippen LogP contribution >= 0.6 is 0 Å². The number of ketones is 1. The van der Waals surface area contributed by atoms with Crippen molar-refractivity contribution in [3.8, 4) is 0 Å². The summed E-state index contributed by atoms with van der Waals surface area (Å²) < 4.78 is 0. The molecule has 0 amide bonds. The molecule has 0 saturated carbocycles. The molecule has 2 heteroatoms. The Morgan fingerprint density at radius 3 is 1.95 bits per heavy atom. The van der Waals surface area contributed by atoms with Gasteiger partial charge < -0.3 is 0 Å². The predicted octanol–water partition coefficient (Wildman–Crippen LogP) is 3.59. The van der Waals surface area contributed by atoms with Gasteiger partial charge in [-0.1, -0.05) is 66.7 Å². The number of carbonyl (C=O) groups excluding carboxylic acids is 2. The maximum atomic E-state index is 11.7. The van der Waals surface area contributed by atoms with Crippen molar-refractivity contribution in [2.75, 3.05) is 0 Å². The maximum Gasteiger partial charge on any atom is 0.185 e. The predicted molar refractivity (Wildman–Crippen MR) is 77.6 cm³/mol. The zero-order valence-corrected chi connectivity index (χ0v) is 10.5. The fraction of sp³-hybridized carbons (Fsp3) is 0. The van der Waals surface area contributed by atoms with Crippen LogP contribution < -0.4 is 0 Å². The van der Waals surface area contributed by atoms with Gasteiger partial charge in [-0.05, 0) is 18.2 Å². The van der Waals surface area contributed by atoms with E-state index in [1.807, 2.05) is 66.7 Å². The van der Waals surface area contributed by atoms with E-state index in [2.05, 4.69) is 6.58 Å². The molecule has 0 fully saturated rings. The zero-order chi connectivity index (χ0) is 13.9. The van der Waals surface area contributed by atoms with Crippen LogP contribution in [0.3, 0.4) is 0 Å². The van der Waals surface area contributed by atoms with Crippen molar-refractivity contribution in [2.45, 2.75) is 0 Å². The molecule has 2 aromatic rings. The van der Waals surface area contributed by atoms with E-state index in [1.54, 1.807) is 6.08 Å². The summed E-state index contributed by atoms with van der Waals surface area (Å²) in [6.07, 6.45) is 3.43. The number of hydrogen-bond donors (Lipinski definition) is 0. The van der Waals surface area contributed by atoms with Crippen LogP contribution in [0.1, 0.15) is 15.9 Å². The Labute approximate surface area is 112 Å². The van der Waals surface area contributed by atoms with Crippen LogP contribution in [0.5, 0.6) is 0 Å². The van der Waals surface area contributed by atoms with Crippen LogP contribution in [0.2, 0.25) is 0 Å². The van der Waals surface area contributed by atoms with Gasteiger partial charge in [-0.2, -0.15) is 0 Å². The smallest absolute Gasteiger partial charge is 0.185 e. The number of carbonyl (C=O) groups is 1. The molecule has 0 aromatic heterocycles. The average Bonchev–Trinajstić information content (AvgIpc) is 2.47. The SMILES string of the molecule is C=C=O.O=C(C=Cc1ccccc1)c1ccccc1. The Kier molecular flexibility index (Phi) is 6.35. The van der Waals surface area contributed by atoms with E-state index in [0.717, 1.165) is 11.1 Å². The summed E-state index contributed by atoms with van der Waals surface area (Å²) in [7, 11) is 0. The number of hydrogen-bond acceptors (Lipinski definition) is 2. The molecule has 0 N–H and O–H groups in total. The lowest BCUT2D eigenvalue weighted by Crippen LogP contribution is -1.92. The van der Waals surface area contributed by atoms with E-state index >= 15 is 0 Å². The molecular formula is C17H14O2.